The smallest absolute Gasteiger partial charge is 0.256 e. The predicted octanol–water partition coefficient (Wildman–Crippen LogP) is 1.09. The number of amides is 4. The lowest BCUT2D eigenvalue weighted by Gasteiger charge is -2.13. The summed E-state index contributed by atoms with van der Waals surface area (Å²) in [6, 6.07) is 9.48. The van der Waals surface area contributed by atoms with Gasteiger partial charge in [0.05, 0.1) is 6.54 Å². The number of hydrogen-bond acceptors (Lipinski definition) is 4. The van der Waals surface area contributed by atoms with E-state index in [1.54, 1.807) is 13.8 Å². The molecule has 0 saturated carbocycles. The van der Waals surface area contributed by atoms with Gasteiger partial charge in [-0.25, -0.2) is 0 Å². The Kier molecular flexibility index (Phi) is 4.85. The van der Waals surface area contributed by atoms with Crippen molar-refractivity contribution in [2.75, 3.05) is 0 Å². The van der Waals surface area contributed by atoms with E-state index in [4.69, 9.17) is 0 Å². The highest BCUT2D eigenvalue weighted by Crippen LogP contribution is 2.15. The Hall–Kier alpha value is -3.02. The van der Waals surface area contributed by atoms with Gasteiger partial charge in [0.2, 0.25) is 0 Å². The molecule has 2 heterocycles. The minimum atomic E-state index is -0.312. The van der Waals surface area contributed by atoms with Crippen LogP contribution in [0.1, 0.15) is 19.4 Å². The Bertz CT molecular complexity index is 732. The SMILES string of the molecule is CC1=CC(=O)N(Cc2ccccc2)C1=O.CC1=CC(=O)NC1=O. The van der Waals surface area contributed by atoms with Crippen LogP contribution in [0, 0.1) is 0 Å². The normalized spacial score (nSPS) is 16.7. The van der Waals surface area contributed by atoms with Crippen molar-refractivity contribution in [1.29, 1.82) is 0 Å². The van der Waals surface area contributed by atoms with Crippen LogP contribution >= 0.6 is 0 Å². The van der Waals surface area contributed by atoms with Crippen LogP contribution in [-0.2, 0) is 25.7 Å². The topological polar surface area (TPSA) is 83.6 Å². The van der Waals surface area contributed by atoms with Crippen molar-refractivity contribution in [2.45, 2.75) is 20.4 Å². The lowest BCUT2D eigenvalue weighted by atomic mass is 10.2. The average Bonchev–Trinajstić information content (AvgIpc) is 2.93. The quantitative estimate of drug-likeness (QED) is 0.829. The van der Waals surface area contributed by atoms with E-state index in [2.05, 4.69) is 5.32 Å². The predicted molar refractivity (Wildman–Crippen MR) is 82.7 cm³/mol. The van der Waals surface area contributed by atoms with Crippen molar-refractivity contribution >= 4 is 23.6 Å². The number of imide groups is 2. The fourth-order valence-electron chi connectivity index (χ4n) is 2.06. The molecule has 4 amide bonds. The summed E-state index contributed by atoms with van der Waals surface area (Å²) in [5.41, 5.74) is 1.95. The van der Waals surface area contributed by atoms with Crippen LogP contribution in [0.25, 0.3) is 0 Å². The summed E-state index contributed by atoms with van der Waals surface area (Å²) >= 11 is 0. The van der Waals surface area contributed by atoms with Crippen molar-refractivity contribution < 1.29 is 19.2 Å². The van der Waals surface area contributed by atoms with Gasteiger partial charge in [0.15, 0.2) is 0 Å². The highest BCUT2D eigenvalue weighted by Gasteiger charge is 2.27. The summed E-state index contributed by atoms with van der Waals surface area (Å²) in [5.74, 6) is -1.01. The molecule has 6 nitrogen and oxygen atoms in total. The number of nitrogens with zero attached hydrogens (tertiary/aromatic N) is 1. The zero-order valence-electron chi connectivity index (χ0n) is 12.8. The van der Waals surface area contributed by atoms with Crippen LogP contribution in [0.4, 0.5) is 0 Å². The maximum absolute atomic E-state index is 11.6. The zero-order chi connectivity index (χ0) is 17.0. The Morgan fingerprint density at radius 1 is 0.913 bits per heavy atom. The number of benzene rings is 1. The van der Waals surface area contributed by atoms with E-state index in [-0.39, 0.29) is 23.6 Å². The molecule has 1 aromatic carbocycles. The minimum absolute atomic E-state index is 0.191. The van der Waals surface area contributed by atoms with E-state index in [1.807, 2.05) is 30.3 Å². The van der Waals surface area contributed by atoms with Gasteiger partial charge in [-0.3, -0.25) is 29.4 Å². The molecule has 2 aliphatic heterocycles. The highest BCUT2D eigenvalue weighted by atomic mass is 16.2. The third kappa shape index (κ3) is 4.00. The average molecular weight is 312 g/mol. The van der Waals surface area contributed by atoms with Crippen LogP contribution in [-0.4, -0.2) is 28.5 Å². The molecule has 0 unspecified atom stereocenters. The molecule has 1 aromatic rings. The maximum Gasteiger partial charge on any atom is 0.256 e. The lowest BCUT2D eigenvalue weighted by Crippen LogP contribution is -2.30. The number of rotatable bonds is 2. The molecule has 0 atom stereocenters. The van der Waals surface area contributed by atoms with Crippen LogP contribution in [0.3, 0.4) is 0 Å². The number of carbonyl (C=O) groups is 4. The molecule has 3 rings (SSSR count). The van der Waals surface area contributed by atoms with Gasteiger partial charge in [-0.1, -0.05) is 30.3 Å². The molecule has 0 aliphatic carbocycles. The second-order valence-corrected chi connectivity index (χ2v) is 5.19. The first-order valence-electron chi connectivity index (χ1n) is 7.00. The number of carbonyl (C=O) groups excluding carboxylic acids is 4. The van der Waals surface area contributed by atoms with E-state index in [0.29, 0.717) is 17.7 Å². The molecule has 0 bridgehead atoms. The molecule has 0 aromatic heterocycles. The molecule has 0 spiro atoms. The second-order valence-electron chi connectivity index (χ2n) is 5.19. The Morgan fingerprint density at radius 2 is 1.57 bits per heavy atom. The Labute approximate surface area is 133 Å². The van der Waals surface area contributed by atoms with Gasteiger partial charge in [-0.2, -0.15) is 0 Å². The molecule has 0 radical (unpaired) electrons. The van der Waals surface area contributed by atoms with Crippen molar-refractivity contribution in [2.24, 2.45) is 0 Å². The fraction of sp³-hybridized carbons (Fsp3) is 0.176. The first-order valence-corrected chi connectivity index (χ1v) is 7.00. The highest BCUT2D eigenvalue weighted by molar-refractivity contribution is 6.16. The van der Waals surface area contributed by atoms with Crippen LogP contribution in [0.15, 0.2) is 53.6 Å². The summed E-state index contributed by atoms with van der Waals surface area (Å²) in [6.07, 6.45) is 2.66. The molecule has 6 heteroatoms. The third-order valence-corrected chi connectivity index (χ3v) is 3.31. The first-order chi connectivity index (χ1) is 10.9. The Balaban J connectivity index is 0.000000203. The lowest BCUT2D eigenvalue weighted by molar-refractivity contribution is -0.138. The summed E-state index contributed by atoms with van der Waals surface area (Å²) in [4.78, 5) is 44.9. The minimum Gasteiger partial charge on any atom is -0.289 e. The van der Waals surface area contributed by atoms with E-state index in [0.717, 1.165) is 5.56 Å². The molecular formula is C17H16N2O4. The largest absolute Gasteiger partial charge is 0.289 e. The summed E-state index contributed by atoms with van der Waals surface area (Å²) in [7, 11) is 0. The van der Waals surface area contributed by atoms with Gasteiger partial charge in [0.1, 0.15) is 0 Å². The fourth-order valence-corrected chi connectivity index (χ4v) is 2.06. The Morgan fingerprint density at radius 3 is 1.96 bits per heavy atom. The van der Waals surface area contributed by atoms with Crippen molar-refractivity contribution in [3.05, 3.63) is 59.2 Å². The maximum atomic E-state index is 11.6. The summed E-state index contributed by atoms with van der Waals surface area (Å²) < 4.78 is 0. The van der Waals surface area contributed by atoms with E-state index >= 15 is 0 Å². The van der Waals surface area contributed by atoms with Gasteiger partial charge < -0.3 is 0 Å². The standard InChI is InChI=1S/C12H11NO2.C5H5NO2/c1-9-7-11(14)13(12(9)15)8-10-5-3-2-4-6-10;1-3-2-4(7)6-5(3)8/h2-7H,8H2,1H3;2H,1H3,(H,6,7,8). The van der Waals surface area contributed by atoms with Gasteiger partial charge >= 0.3 is 0 Å². The van der Waals surface area contributed by atoms with E-state index < -0.39 is 0 Å². The van der Waals surface area contributed by atoms with E-state index in [1.165, 1.54) is 17.1 Å². The van der Waals surface area contributed by atoms with Crippen molar-refractivity contribution in [3.8, 4) is 0 Å². The molecular weight excluding hydrogens is 296 g/mol. The van der Waals surface area contributed by atoms with E-state index in [9.17, 15) is 19.2 Å². The zero-order valence-corrected chi connectivity index (χ0v) is 12.8. The van der Waals surface area contributed by atoms with Gasteiger partial charge in [0, 0.05) is 23.3 Å². The van der Waals surface area contributed by atoms with Crippen LogP contribution in [0.5, 0.6) is 0 Å². The van der Waals surface area contributed by atoms with Gasteiger partial charge in [0.25, 0.3) is 23.6 Å². The molecule has 118 valence electrons. The number of hydrogen-bond donors (Lipinski definition) is 1. The van der Waals surface area contributed by atoms with Crippen LogP contribution < -0.4 is 5.32 Å². The summed E-state index contributed by atoms with van der Waals surface area (Å²) in [6.45, 7) is 3.61. The van der Waals surface area contributed by atoms with Crippen molar-refractivity contribution in [3.63, 3.8) is 0 Å². The summed E-state index contributed by atoms with van der Waals surface area (Å²) in [5, 5.41) is 2.10. The molecule has 23 heavy (non-hydrogen) atoms. The second kappa shape index (κ2) is 6.83. The first kappa shape index (κ1) is 16.4. The van der Waals surface area contributed by atoms with Crippen molar-refractivity contribution in [1.82, 2.24) is 10.2 Å². The van der Waals surface area contributed by atoms with Gasteiger partial charge in [-0.05, 0) is 19.4 Å². The van der Waals surface area contributed by atoms with Crippen LogP contribution in [0.2, 0.25) is 0 Å². The monoisotopic (exact) mass is 312 g/mol. The third-order valence-electron chi connectivity index (χ3n) is 3.31. The molecule has 0 fully saturated rings. The molecule has 1 N–H and O–H groups in total. The van der Waals surface area contributed by atoms with Gasteiger partial charge in [-0.15, -0.1) is 0 Å². The number of nitrogens with one attached hydrogen (secondary N) is 1. The molecule has 2 aliphatic rings. The molecule has 0 saturated heterocycles.